The van der Waals surface area contributed by atoms with Crippen LogP contribution in [0.3, 0.4) is 0 Å². The Bertz CT molecular complexity index is 2750. The summed E-state index contributed by atoms with van der Waals surface area (Å²) in [7, 11) is 0. The van der Waals surface area contributed by atoms with E-state index in [0.29, 0.717) is 0 Å². The van der Waals surface area contributed by atoms with Crippen molar-refractivity contribution >= 4 is 75.1 Å². The second-order valence-electron chi connectivity index (χ2n) is 11.6. The molecule has 0 aliphatic rings. The summed E-state index contributed by atoms with van der Waals surface area (Å²) in [5, 5.41) is 7.67. The molecule has 0 saturated carbocycles. The molecule has 0 atom stereocenters. The quantitative estimate of drug-likeness (QED) is 0.200. The molecule has 3 nitrogen and oxygen atoms in total. The third-order valence-corrected chi connectivity index (χ3v) is 10.3. The van der Waals surface area contributed by atoms with Crippen LogP contribution < -0.4 is 0 Å². The van der Waals surface area contributed by atoms with E-state index in [-0.39, 0.29) is 0 Å². The van der Waals surface area contributed by atoms with Gasteiger partial charge in [0.25, 0.3) is 0 Å². The fraction of sp³-hybridized carbons (Fsp3) is 0. The Morgan fingerprint density at radius 1 is 0.422 bits per heavy atom. The molecular weight excluding hydrogens is 567 g/mol. The van der Waals surface area contributed by atoms with Crippen LogP contribution in [0.5, 0.6) is 0 Å². The Balaban J connectivity index is 1.30. The van der Waals surface area contributed by atoms with Gasteiger partial charge in [-0.05, 0) is 71.8 Å². The number of pyridine rings is 1. The van der Waals surface area contributed by atoms with Crippen molar-refractivity contribution < 1.29 is 0 Å². The highest BCUT2D eigenvalue weighted by Gasteiger charge is 2.21. The minimum Gasteiger partial charge on any atom is -0.309 e. The molecule has 0 bridgehead atoms. The second-order valence-corrected chi connectivity index (χ2v) is 12.7. The molecule has 210 valence electrons. The van der Waals surface area contributed by atoms with Crippen LogP contribution in [-0.2, 0) is 0 Å². The number of hydrogen-bond donors (Lipinski definition) is 0. The summed E-state index contributed by atoms with van der Waals surface area (Å²) >= 11 is 1.81. The Morgan fingerprint density at radius 2 is 1.00 bits per heavy atom. The number of benzene rings is 6. The Kier molecular flexibility index (Phi) is 5.16. The normalized spacial score (nSPS) is 12.0. The van der Waals surface area contributed by atoms with E-state index in [4.69, 9.17) is 0 Å². The van der Waals surface area contributed by atoms with Crippen molar-refractivity contribution in [3.8, 4) is 22.5 Å². The van der Waals surface area contributed by atoms with Crippen LogP contribution >= 0.6 is 11.3 Å². The molecule has 0 saturated heterocycles. The molecule has 0 spiro atoms. The number of thiophene rings is 1. The summed E-state index contributed by atoms with van der Waals surface area (Å²) in [5.74, 6) is 0. The Hall–Kier alpha value is -5.71. The summed E-state index contributed by atoms with van der Waals surface area (Å²) in [4.78, 5) is 4.35. The molecule has 0 amide bonds. The zero-order valence-corrected chi connectivity index (χ0v) is 25.0. The Labute approximate surface area is 262 Å². The predicted octanol–water partition coefficient (Wildman–Crippen LogP) is 11.3. The van der Waals surface area contributed by atoms with Gasteiger partial charge < -0.3 is 9.13 Å². The van der Waals surface area contributed by atoms with Crippen LogP contribution in [0.1, 0.15) is 0 Å². The molecule has 45 heavy (non-hydrogen) atoms. The van der Waals surface area contributed by atoms with Crippen LogP contribution in [-0.4, -0.2) is 14.1 Å². The van der Waals surface area contributed by atoms with E-state index < -0.39 is 0 Å². The molecule has 0 radical (unpaired) electrons. The topological polar surface area (TPSA) is 22.8 Å². The number of fused-ring (bicyclic) bond motifs is 10. The highest BCUT2D eigenvalue weighted by atomic mass is 32.1. The maximum absolute atomic E-state index is 4.35. The molecule has 4 heteroatoms. The van der Waals surface area contributed by atoms with Crippen LogP contribution in [0.2, 0.25) is 0 Å². The van der Waals surface area contributed by atoms with E-state index in [1.165, 1.54) is 80.6 Å². The lowest BCUT2D eigenvalue weighted by Gasteiger charge is -2.09. The number of hydrogen-bond acceptors (Lipinski definition) is 2. The minimum atomic E-state index is 1.16. The molecule has 4 aromatic heterocycles. The minimum absolute atomic E-state index is 1.16. The number of aromatic nitrogens is 3. The van der Waals surface area contributed by atoms with Gasteiger partial charge in [-0.15, -0.1) is 11.3 Å². The fourth-order valence-corrected chi connectivity index (χ4v) is 8.38. The molecule has 0 N–H and O–H groups in total. The first-order valence-corrected chi connectivity index (χ1v) is 16.0. The molecule has 0 aliphatic carbocycles. The summed E-state index contributed by atoms with van der Waals surface area (Å²) in [6, 6.07) is 50.9. The first-order valence-electron chi connectivity index (χ1n) is 15.2. The van der Waals surface area contributed by atoms with Gasteiger partial charge in [0.2, 0.25) is 0 Å². The van der Waals surface area contributed by atoms with Gasteiger partial charge in [-0.25, -0.2) is 0 Å². The number of nitrogens with zero attached hydrogens (tertiary/aromatic N) is 3. The van der Waals surface area contributed by atoms with Crippen LogP contribution in [0.4, 0.5) is 0 Å². The third kappa shape index (κ3) is 3.54. The largest absolute Gasteiger partial charge is 0.309 e. The van der Waals surface area contributed by atoms with Crippen LogP contribution in [0, 0.1) is 0 Å². The van der Waals surface area contributed by atoms with Crippen molar-refractivity contribution in [1.29, 1.82) is 0 Å². The van der Waals surface area contributed by atoms with E-state index in [9.17, 15) is 0 Å². The van der Waals surface area contributed by atoms with Gasteiger partial charge in [0.15, 0.2) is 0 Å². The van der Waals surface area contributed by atoms with Gasteiger partial charge in [0, 0.05) is 60.8 Å². The van der Waals surface area contributed by atoms with Gasteiger partial charge in [-0.1, -0.05) is 78.9 Å². The van der Waals surface area contributed by atoms with Crippen molar-refractivity contribution in [2.45, 2.75) is 0 Å². The highest BCUT2D eigenvalue weighted by molar-refractivity contribution is 7.25. The van der Waals surface area contributed by atoms with E-state index >= 15 is 0 Å². The fourth-order valence-electron chi connectivity index (χ4n) is 7.27. The average Bonchev–Trinajstić information content (AvgIpc) is 3.75. The summed E-state index contributed by atoms with van der Waals surface area (Å²) in [5.41, 5.74) is 9.62. The Morgan fingerprint density at radius 3 is 1.73 bits per heavy atom. The number of rotatable bonds is 3. The summed E-state index contributed by atoms with van der Waals surface area (Å²) in [6.45, 7) is 0. The molecule has 0 aliphatic heterocycles. The molecule has 10 rings (SSSR count). The average molecular weight is 592 g/mol. The molecule has 0 unspecified atom stereocenters. The highest BCUT2D eigenvalue weighted by Crippen LogP contribution is 2.43. The second kappa shape index (κ2) is 9.39. The van der Waals surface area contributed by atoms with Crippen molar-refractivity contribution in [2.75, 3.05) is 0 Å². The maximum atomic E-state index is 4.35. The molecule has 4 heterocycles. The van der Waals surface area contributed by atoms with E-state index in [1.807, 2.05) is 23.7 Å². The van der Waals surface area contributed by atoms with E-state index in [1.54, 1.807) is 0 Å². The first kappa shape index (κ1) is 24.7. The van der Waals surface area contributed by atoms with Crippen molar-refractivity contribution in [1.82, 2.24) is 14.1 Å². The number of para-hydroxylation sites is 3. The molecule has 10 aromatic rings. The molecular formula is C41H25N3S. The smallest absolute Gasteiger partial charge is 0.0548 e. The monoisotopic (exact) mass is 591 g/mol. The SMILES string of the molecule is c1ccc(-n2c3ccccc3c3c4c5ccc(-c6ccc7c(c6)sc6cnccc67)cc5n(-c5ccccc5)c4ccc32)cc1. The zero-order valence-electron chi connectivity index (χ0n) is 24.2. The van der Waals surface area contributed by atoms with E-state index in [2.05, 4.69) is 154 Å². The van der Waals surface area contributed by atoms with Crippen molar-refractivity contribution in [3.05, 3.63) is 152 Å². The maximum Gasteiger partial charge on any atom is 0.0548 e. The lowest BCUT2D eigenvalue weighted by atomic mass is 10.0. The van der Waals surface area contributed by atoms with Gasteiger partial charge in [-0.2, -0.15) is 0 Å². The predicted molar refractivity (Wildman–Crippen MR) is 191 cm³/mol. The van der Waals surface area contributed by atoms with Crippen LogP contribution in [0.15, 0.2) is 152 Å². The van der Waals surface area contributed by atoms with Crippen molar-refractivity contribution in [3.63, 3.8) is 0 Å². The van der Waals surface area contributed by atoms with Gasteiger partial charge in [0.1, 0.15) is 0 Å². The molecule has 0 fully saturated rings. The molecule has 6 aromatic carbocycles. The standard InChI is InChI=1S/C41H25N3S/c1-3-9-28(10-4-1)43-34-14-8-7-13-32(34)40-35(43)19-20-36-41(40)33-18-16-26(23-37(33)44(36)29-11-5-2-6-12-29)27-15-17-30-31-21-22-42-25-39(31)45-38(30)24-27/h1-25H. The third-order valence-electron chi connectivity index (χ3n) is 9.20. The summed E-state index contributed by atoms with van der Waals surface area (Å²) < 4.78 is 7.35. The summed E-state index contributed by atoms with van der Waals surface area (Å²) in [6.07, 6.45) is 3.85. The lowest BCUT2D eigenvalue weighted by molar-refractivity contribution is 1.17. The first-order chi connectivity index (χ1) is 22.3. The van der Waals surface area contributed by atoms with E-state index in [0.717, 1.165) is 5.69 Å². The van der Waals surface area contributed by atoms with Gasteiger partial charge in [0.05, 0.1) is 26.8 Å². The van der Waals surface area contributed by atoms with Crippen LogP contribution in [0.25, 0.3) is 86.3 Å². The lowest BCUT2D eigenvalue weighted by Crippen LogP contribution is -1.94. The van der Waals surface area contributed by atoms with Gasteiger partial charge in [-0.3, -0.25) is 4.98 Å². The zero-order chi connectivity index (χ0) is 29.5. The van der Waals surface area contributed by atoms with Crippen molar-refractivity contribution in [2.24, 2.45) is 0 Å². The van der Waals surface area contributed by atoms with Gasteiger partial charge >= 0.3 is 0 Å².